The van der Waals surface area contributed by atoms with Crippen LogP contribution in [0.25, 0.3) is 0 Å². The van der Waals surface area contributed by atoms with Crippen molar-refractivity contribution >= 4 is 11.9 Å². The third-order valence-corrected chi connectivity index (χ3v) is 4.24. The number of benzene rings is 1. The molecule has 1 fully saturated rings. The summed E-state index contributed by atoms with van der Waals surface area (Å²) < 4.78 is 4.82. The predicted molar refractivity (Wildman–Crippen MR) is 80.5 cm³/mol. The molecule has 4 heteroatoms. The van der Waals surface area contributed by atoms with Gasteiger partial charge in [0.2, 0.25) is 5.91 Å². The van der Waals surface area contributed by atoms with Gasteiger partial charge >= 0.3 is 5.97 Å². The highest BCUT2D eigenvalue weighted by Gasteiger charge is 2.29. The van der Waals surface area contributed by atoms with Crippen LogP contribution in [0.3, 0.4) is 0 Å². The number of esters is 1. The van der Waals surface area contributed by atoms with Crippen molar-refractivity contribution in [3.63, 3.8) is 0 Å². The minimum absolute atomic E-state index is 0.0112. The number of nitrogens with one attached hydrogen (secondary N) is 1. The third-order valence-electron chi connectivity index (χ3n) is 4.24. The maximum absolute atomic E-state index is 12.4. The van der Waals surface area contributed by atoms with E-state index in [0.29, 0.717) is 5.92 Å². The fraction of sp³-hybridized carbons (Fsp3) is 0.529. The van der Waals surface area contributed by atoms with Crippen LogP contribution in [0, 0.1) is 11.8 Å². The summed E-state index contributed by atoms with van der Waals surface area (Å²) in [7, 11) is 1.34. The first-order valence-corrected chi connectivity index (χ1v) is 7.55. The van der Waals surface area contributed by atoms with E-state index < -0.39 is 12.0 Å². The summed E-state index contributed by atoms with van der Waals surface area (Å²) in [5.41, 5.74) is 0.752. The Bertz CT molecular complexity index is 478. The molecule has 0 radical (unpaired) electrons. The molecule has 0 saturated heterocycles. The number of carbonyl (C=O) groups excluding carboxylic acids is 2. The van der Waals surface area contributed by atoms with Crippen LogP contribution in [0.1, 0.15) is 44.2 Å². The monoisotopic (exact) mass is 289 g/mol. The van der Waals surface area contributed by atoms with Gasteiger partial charge in [-0.15, -0.1) is 0 Å². The second-order valence-corrected chi connectivity index (χ2v) is 5.83. The molecule has 0 bridgehead atoms. The zero-order chi connectivity index (χ0) is 15.2. The summed E-state index contributed by atoms with van der Waals surface area (Å²) in [6.45, 7) is 2.22. The molecule has 0 aliphatic heterocycles. The maximum atomic E-state index is 12.4. The Labute approximate surface area is 125 Å². The van der Waals surface area contributed by atoms with E-state index >= 15 is 0 Å². The molecule has 1 unspecified atom stereocenters. The molecule has 1 amide bonds. The van der Waals surface area contributed by atoms with Gasteiger partial charge in [0, 0.05) is 5.92 Å². The highest BCUT2D eigenvalue weighted by Crippen LogP contribution is 2.29. The van der Waals surface area contributed by atoms with Crippen molar-refractivity contribution in [3.05, 3.63) is 35.9 Å². The molecule has 1 aromatic carbocycles. The molecular formula is C17H23NO3. The van der Waals surface area contributed by atoms with Crippen molar-refractivity contribution in [3.8, 4) is 0 Å². The molecule has 4 nitrogen and oxygen atoms in total. The van der Waals surface area contributed by atoms with Crippen LogP contribution in [0.4, 0.5) is 0 Å². The average molecular weight is 289 g/mol. The number of ether oxygens (including phenoxy) is 1. The molecule has 1 aliphatic rings. The van der Waals surface area contributed by atoms with Crippen LogP contribution in [0.15, 0.2) is 30.3 Å². The molecule has 21 heavy (non-hydrogen) atoms. The molecule has 1 saturated carbocycles. The van der Waals surface area contributed by atoms with Gasteiger partial charge in [-0.1, -0.05) is 37.3 Å². The van der Waals surface area contributed by atoms with Crippen LogP contribution in [-0.2, 0) is 14.3 Å². The lowest BCUT2D eigenvalue weighted by atomic mass is 9.82. The first kappa shape index (κ1) is 15.5. The van der Waals surface area contributed by atoms with Crippen LogP contribution < -0.4 is 5.32 Å². The Morgan fingerprint density at radius 2 is 1.76 bits per heavy atom. The topological polar surface area (TPSA) is 55.4 Å². The Balaban J connectivity index is 2.05. The van der Waals surface area contributed by atoms with Crippen molar-refractivity contribution in [2.75, 3.05) is 7.11 Å². The number of rotatable bonds is 4. The molecule has 114 valence electrons. The molecular weight excluding hydrogens is 266 g/mol. The van der Waals surface area contributed by atoms with Crippen molar-refractivity contribution in [1.82, 2.24) is 5.32 Å². The van der Waals surface area contributed by atoms with Crippen molar-refractivity contribution < 1.29 is 14.3 Å². The van der Waals surface area contributed by atoms with E-state index in [9.17, 15) is 9.59 Å². The third kappa shape index (κ3) is 4.06. The summed E-state index contributed by atoms with van der Waals surface area (Å²) in [4.78, 5) is 24.3. The van der Waals surface area contributed by atoms with Gasteiger partial charge in [-0.05, 0) is 37.2 Å². The molecule has 0 aromatic heterocycles. The lowest BCUT2D eigenvalue weighted by Crippen LogP contribution is -2.39. The molecule has 1 atom stereocenters. The number of carbonyl (C=O) groups is 2. The van der Waals surface area contributed by atoms with Crippen molar-refractivity contribution in [2.45, 2.75) is 38.6 Å². The first-order valence-electron chi connectivity index (χ1n) is 7.55. The van der Waals surface area contributed by atoms with E-state index in [-0.39, 0.29) is 11.8 Å². The van der Waals surface area contributed by atoms with Gasteiger partial charge in [-0.2, -0.15) is 0 Å². The molecule has 2 rings (SSSR count). The minimum Gasteiger partial charge on any atom is -0.467 e. The summed E-state index contributed by atoms with van der Waals surface area (Å²) in [5.74, 6) is 0.233. The lowest BCUT2D eigenvalue weighted by Gasteiger charge is -2.27. The lowest BCUT2D eigenvalue weighted by molar-refractivity contribution is -0.146. The fourth-order valence-corrected chi connectivity index (χ4v) is 2.82. The van der Waals surface area contributed by atoms with E-state index in [0.717, 1.165) is 31.2 Å². The zero-order valence-electron chi connectivity index (χ0n) is 12.7. The van der Waals surface area contributed by atoms with Gasteiger partial charge in [-0.25, -0.2) is 4.79 Å². The zero-order valence-corrected chi connectivity index (χ0v) is 12.7. The predicted octanol–water partition coefficient (Wildman–Crippen LogP) is 2.84. The summed E-state index contributed by atoms with van der Waals surface area (Å²) in [6.07, 6.45) is 3.95. The quantitative estimate of drug-likeness (QED) is 0.867. The Kier molecular flexibility index (Phi) is 5.37. The minimum atomic E-state index is -0.719. The van der Waals surface area contributed by atoms with Crippen LogP contribution in [-0.4, -0.2) is 19.0 Å². The summed E-state index contributed by atoms with van der Waals surface area (Å²) in [5, 5.41) is 2.86. The smallest absolute Gasteiger partial charge is 0.333 e. The molecule has 0 spiro atoms. The summed E-state index contributed by atoms with van der Waals surface area (Å²) in [6, 6.07) is 8.50. The molecule has 0 heterocycles. The van der Waals surface area contributed by atoms with Gasteiger partial charge in [0.25, 0.3) is 0 Å². The van der Waals surface area contributed by atoms with E-state index in [1.165, 1.54) is 7.11 Å². The van der Waals surface area contributed by atoms with Gasteiger partial charge in [0.05, 0.1) is 7.11 Å². The van der Waals surface area contributed by atoms with Gasteiger partial charge in [-0.3, -0.25) is 4.79 Å². The largest absolute Gasteiger partial charge is 0.467 e. The van der Waals surface area contributed by atoms with Crippen LogP contribution >= 0.6 is 0 Å². The normalized spacial score (nSPS) is 23.1. The van der Waals surface area contributed by atoms with E-state index in [1.807, 2.05) is 30.3 Å². The average Bonchev–Trinajstić information content (AvgIpc) is 2.53. The van der Waals surface area contributed by atoms with E-state index in [1.54, 1.807) is 0 Å². The molecule has 1 aliphatic carbocycles. The highest BCUT2D eigenvalue weighted by molar-refractivity contribution is 5.86. The SMILES string of the molecule is COC(=O)C(NC(=O)C1CCC(C)CC1)c1ccccc1. The Morgan fingerprint density at radius 1 is 1.14 bits per heavy atom. The fourth-order valence-electron chi connectivity index (χ4n) is 2.82. The maximum Gasteiger partial charge on any atom is 0.333 e. The van der Waals surface area contributed by atoms with Crippen LogP contribution in [0.2, 0.25) is 0 Å². The van der Waals surface area contributed by atoms with Crippen molar-refractivity contribution in [2.24, 2.45) is 11.8 Å². The first-order chi connectivity index (χ1) is 10.1. The number of methoxy groups -OCH3 is 1. The van der Waals surface area contributed by atoms with E-state index in [4.69, 9.17) is 4.74 Å². The second kappa shape index (κ2) is 7.25. The van der Waals surface area contributed by atoms with Crippen LogP contribution in [0.5, 0.6) is 0 Å². The van der Waals surface area contributed by atoms with Gasteiger partial charge < -0.3 is 10.1 Å². The number of amides is 1. The highest BCUT2D eigenvalue weighted by atomic mass is 16.5. The second-order valence-electron chi connectivity index (χ2n) is 5.83. The Hall–Kier alpha value is -1.84. The number of hydrogen-bond donors (Lipinski definition) is 1. The van der Waals surface area contributed by atoms with Gasteiger partial charge in [0.15, 0.2) is 6.04 Å². The summed E-state index contributed by atoms with van der Waals surface area (Å²) >= 11 is 0. The molecule has 1 N–H and O–H groups in total. The number of hydrogen-bond acceptors (Lipinski definition) is 3. The van der Waals surface area contributed by atoms with Crippen molar-refractivity contribution in [1.29, 1.82) is 0 Å². The van der Waals surface area contributed by atoms with Gasteiger partial charge in [0.1, 0.15) is 0 Å². The molecule has 1 aromatic rings. The standard InChI is InChI=1S/C17H23NO3/c1-12-8-10-14(11-9-12)16(19)18-15(17(20)21-2)13-6-4-3-5-7-13/h3-7,12,14-15H,8-11H2,1-2H3,(H,18,19). The Morgan fingerprint density at radius 3 is 2.33 bits per heavy atom. The van der Waals surface area contributed by atoms with E-state index in [2.05, 4.69) is 12.2 Å².